The van der Waals surface area contributed by atoms with E-state index in [1.807, 2.05) is 32.0 Å². The molecule has 3 aromatic heterocycles. The molecule has 0 spiro atoms. The molecule has 0 unspecified atom stereocenters. The first-order chi connectivity index (χ1) is 18.5. The van der Waals surface area contributed by atoms with Gasteiger partial charge in [-0.1, -0.05) is 6.07 Å². The summed E-state index contributed by atoms with van der Waals surface area (Å²) in [7, 11) is 0. The lowest BCUT2D eigenvalue weighted by molar-refractivity contribution is -0.135. The number of nitrogens with one attached hydrogen (secondary N) is 1. The molecule has 39 heavy (non-hydrogen) atoms. The van der Waals surface area contributed by atoms with E-state index < -0.39 is 18.0 Å². The Morgan fingerprint density at radius 2 is 1.95 bits per heavy atom. The second kappa shape index (κ2) is 9.86. The van der Waals surface area contributed by atoms with Crippen molar-refractivity contribution in [2.75, 3.05) is 18.5 Å². The zero-order valence-electron chi connectivity index (χ0n) is 22.1. The molecule has 1 aliphatic rings. The van der Waals surface area contributed by atoms with Crippen molar-refractivity contribution in [3.8, 4) is 5.82 Å². The highest BCUT2D eigenvalue weighted by Gasteiger charge is 2.26. The topological polar surface area (TPSA) is 138 Å². The van der Waals surface area contributed by atoms with E-state index in [2.05, 4.69) is 20.3 Å². The van der Waals surface area contributed by atoms with Crippen molar-refractivity contribution in [3.63, 3.8) is 0 Å². The molecule has 0 saturated carbocycles. The van der Waals surface area contributed by atoms with Gasteiger partial charge in [-0.15, -0.1) is 0 Å². The number of benzene rings is 1. The molecule has 0 saturated heterocycles. The third kappa shape index (κ3) is 4.88. The number of carbonyl (C=O) groups excluding carboxylic acids is 1. The number of hydrogen-bond donors (Lipinski definition) is 3. The average Bonchev–Trinajstić information content (AvgIpc) is 3.19. The number of aromatic nitrogens is 5. The molecule has 0 atom stereocenters. The smallest absolute Gasteiger partial charge is 0.278 e. The quantitative estimate of drug-likeness (QED) is 0.343. The van der Waals surface area contributed by atoms with Crippen LogP contribution >= 0.6 is 0 Å². The SMILES string of the molecule is CC(C)n1c(=O)c2cnc(Nc3ccc4c(c3)CCN(C(=O)CO)C4)nc2n1-c1ccc(F)c(C(C)(C)O)n1. The fourth-order valence-corrected chi connectivity index (χ4v) is 4.80. The number of carbonyl (C=O) groups is 1. The van der Waals surface area contributed by atoms with Gasteiger partial charge in [-0.2, -0.15) is 4.98 Å². The van der Waals surface area contributed by atoms with Gasteiger partial charge in [-0.3, -0.25) is 9.59 Å². The lowest BCUT2D eigenvalue weighted by atomic mass is 9.99. The summed E-state index contributed by atoms with van der Waals surface area (Å²) in [4.78, 5) is 40.1. The number of nitrogens with zero attached hydrogens (tertiary/aromatic N) is 6. The minimum absolute atomic E-state index is 0.148. The normalized spacial score (nSPS) is 13.7. The highest BCUT2D eigenvalue weighted by Crippen LogP contribution is 2.27. The minimum atomic E-state index is -1.54. The Morgan fingerprint density at radius 1 is 1.18 bits per heavy atom. The summed E-state index contributed by atoms with van der Waals surface area (Å²) < 4.78 is 17.5. The molecule has 0 radical (unpaired) electrons. The Balaban J connectivity index is 1.55. The van der Waals surface area contributed by atoms with Gasteiger partial charge in [0, 0.05) is 31.0 Å². The zero-order chi connectivity index (χ0) is 28.1. The molecule has 5 rings (SSSR count). The van der Waals surface area contributed by atoms with Gasteiger partial charge in [-0.05, 0) is 69.5 Å². The molecule has 3 N–H and O–H groups in total. The van der Waals surface area contributed by atoms with Crippen molar-refractivity contribution in [1.29, 1.82) is 0 Å². The zero-order valence-corrected chi connectivity index (χ0v) is 22.1. The van der Waals surface area contributed by atoms with Crippen LogP contribution in [0.5, 0.6) is 0 Å². The maximum Gasteiger partial charge on any atom is 0.278 e. The Bertz CT molecular complexity index is 1640. The maximum absolute atomic E-state index is 14.5. The summed E-state index contributed by atoms with van der Waals surface area (Å²) in [5.41, 5.74) is 1.07. The minimum Gasteiger partial charge on any atom is -0.387 e. The van der Waals surface area contributed by atoms with Crippen molar-refractivity contribution in [2.24, 2.45) is 0 Å². The molecule has 11 nitrogen and oxygen atoms in total. The monoisotopic (exact) mass is 535 g/mol. The fourth-order valence-electron chi connectivity index (χ4n) is 4.80. The molecule has 4 aromatic rings. The van der Waals surface area contributed by atoms with Gasteiger partial charge in [0.2, 0.25) is 11.9 Å². The van der Waals surface area contributed by atoms with E-state index in [4.69, 9.17) is 5.11 Å². The highest BCUT2D eigenvalue weighted by atomic mass is 19.1. The van der Waals surface area contributed by atoms with Gasteiger partial charge >= 0.3 is 0 Å². The van der Waals surface area contributed by atoms with Crippen LogP contribution in [0.25, 0.3) is 16.9 Å². The van der Waals surface area contributed by atoms with Crippen molar-refractivity contribution in [3.05, 3.63) is 69.5 Å². The van der Waals surface area contributed by atoms with E-state index in [0.717, 1.165) is 16.8 Å². The first-order valence-electron chi connectivity index (χ1n) is 12.7. The number of amides is 1. The van der Waals surface area contributed by atoms with Gasteiger partial charge in [0.1, 0.15) is 29.1 Å². The van der Waals surface area contributed by atoms with E-state index in [-0.39, 0.29) is 46.0 Å². The van der Waals surface area contributed by atoms with E-state index in [1.165, 1.54) is 41.5 Å². The summed E-state index contributed by atoms with van der Waals surface area (Å²) in [6.07, 6.45) is 2.09. The van der Waals surface area contributed by atoms with E-state index >= 15 is 0 Å². The Hall–Kier alpha value is -4.16. The Morgan fingerprint density at radius 3 is 2.64 bits per heavy atom. The van der Waals surface area contributed by atoms with Crippen molar-refractivity contribution in [2.45, 2.75) is 52.3 Å². The summed E-state index contributed by atoms with van der Waals surface area (Å²) in [6, 6.07) is 8.10. The molecule has 4 heterocycles. The highest BCUT2D eigenvalue weighted by molar-refractivity contribution is 5.78. The van der Waals surface area contributed by atoms with Crippen LogP contribution in [-0.4, -0.2) is 58.5 Å². The molecular weight excluding hydrogens is 505 g/mol. The summed E-state index contributed by atoms with van der Waals surface area (Å²) in [6.45, 7) is 7.00. The van der Waals surface area contributed by atoms with E-state index in [0.29, 0.717) is 19.5 Å². The first-order valence-corrected chi connectivity index (χ1v) is 12.7. The molecule has 1 aliphatic heterocycles. The second-order valence-electron chi connectivity index (χ2n) is 10.4. The Kier molecular flexibility index (Phi) is 6.69. The number of halogens is 1. The first kappa shape index (κ1) is 26.4. The standard InChI is InChI=1S/C27H30FN7O4/c1-15(2)34-25(38)19-12-29-26(30-18-6-5-17-13-33(22(37)14-36)10-9-16(17)11-18)32-24(19)35(34)21-8-7-20(28)23(31-21)27(3,4)39/h5-8,11-12,15,36,39H,9-10,13-14H2,1-4H3,(H,29,30,32). The summed E-state index contributed by atoms with van der Waals surface area (Å²) >= 11 is 0. The Labute approximate surface area is 223 Å². The molecule has 0 aliphatic carbocycles. The summed E-state index contributed by atoms with van der Waals surface area (Å²) in [5.74, 6) is -0.479. The van der Waals surface area contributed by atoms with Crippen LogP contribution in [0.1, 0.15) is 50.6 Å². The number of hydrogen-bond acceptors (Lipinski definition) is 8. The van der Waals surface area contributed by atoms with Gasteiger partial charge < -0.3 is 20.4 Å². The molecule has 204 valence electrons. The predicted octanol–water partition coefficient (Wildman–Crippen LogP) is 2.55. The van der Waals surface area contributed by atoms with Gasteiger partial charge in [0.05, 0.1) is 0 Å². The van der Waals surface area contributed by atoms with Crippen LogP contribution in [0.3, 0.4) is 0 Å². The molecule has 1 amide bonds. The van der Waals surface area contributed by atoms with Crippen molar-refractivity contribution < 1.29 is 19.4 Å². The number of aliphatic hydroxyl groups is 2. The van der Waals surface area contributed by atoms with Crippen LogP contribution in [0.2, 0.25) is 0 Å². The molecular formula is C27H30FN7O4. The molecule has 1 aromatic carbocycles. The van der Waals surface area contributed by atoms with Crippen molar-refractivity contribution >= 4 is 28.6 Å². The number of rotatable bonds is 6. The second-order valence-corrected chi connectivity index (χ2v) is 10.4. The summed E-state index contributed by atoms with van der Waals surface area (Å²) in [5, 5.41) is 23.0. The fraction of sp³-hybridized carbons (Fsp3) is 0.370. The number of pyridine rings is 1. The number of aliphatic hydroxyl groups excluding tert-OH is 1. The van der Waals surface area contributed by atoms with Crippen LogP contribution in [0.4, 0.5) is 16.0 Å². The van der Waals surface area contributed by atoms with Gasteiger partial charge in [0.25, 0.3) is 5.56 Å². The molecule has 0 fully saturated rings. The van der Waals surface area contributed by atoms with E-state index in [9.17, 15) is 19.1 Å². The largest absolute Gasteiger partial charge is 0.387 e. The molecule has 12 heteroatoms. The maximum atomic E-state index is 14.5. The van der Waals surface area contributed by atoms with Gasteiger partial charge in [-0.25, -0.2) is 23.7 Å². The third-order valence-electron chi connectivity index (χ3n) is 6.70. The lowest BCUT2D eigenvalue weighted by Crippen LogP contribution is -2.37. The average molecular weight is 536 g/mol. The van der Waals surface area contributed by atoms with Gasteiger partial charge in [0.15, 0.2) is 11.5 Å². The van der Waals surface area contributed by atoms with Crippen molar-refractivity contribution in [1.82, 2.24) is 29.2 Å². The number of anilines is 2. The predicted molar refractivity (Wildman–Crippen MR) is 142 cm³/mol. The van der Waals surface area contributed by atoms with Crippen LogP contribution in [-0.2, 0) is 23.4 Å². The van der Waals surface area contributed by atoms with E-state index in [1.54, 1.807) is 4.90 Å². The lowest BCUT2D eigenvalue weighted by Gasteiger charge is -2.28. The number of fused-ring (bicyclic) bond motifs is 2. The third-order valence-corrected chi connectivity index (χ3v) is 6.70. The van der Waals surface area contributed by atoms with Crippen LogP contribution in [0, 0.1) is 5.82 Å². The molecule has 0 bridgehead atoms. The van der Waals surface area contributed by atoms with Crippen LogP contribution < -0.4 is 10.9 Å². The van der Waals surface area contributed by atoms with Crippen LogP contribution in [0.15, 0.2) is 41.3 Å².